The van der Waals surface area contributed by atoms with Gasteiger partial charge in [0.05, 0.1) is 28.5 Å². The summed E-state index contributed by atoms with van der Waals surface area (Å²) in [5.41, 5.74) is 1.12. The molecule has 78 valence electrons. The maximum atomic E-state index is 8.87. The second-order valence-electron chi connectivity index (χ2n) is 2.90. The first kappa shape index (κ1) is 10.4. The lowest BCUT2D eigenvalue weighted by Crippen LogP contribution is -1.88. The highest BCUT2D eigenvalue weighted by molar-refractivity contribution is 6.35. The molecule has 2 N–H and O–H groups in total. The van der Waals surface area contributed by atoms with Gasteiger partial charge in [0.1, 0.15) is 5.69 Å². The van der Waals surface area contributed by atoms with Crippen LogP contribution in [-0.4, -0.2) is 20.1 Å². The fourth-order valence-corrected chi connectivity index (χ4v) is 1.62. The third-order valence-electron chi connectivity index (χ3n) is 1.83. The fraction of sp³-hybridized carbons (Fsp3) is 0.111. The Morgan fingerprint density at radius 2 is 2.07 bits per heavy atom. The van der Waals surface area contributed by atoms with Gasteiger partial charge in [-0.2, -0.15) is 0 Å². The number of H-pyrrole nitrogens is 1. The van der Waals surface area contributed by atoms with Gasteiger partial charge in [-0.1, -0.05) is 23.2 Å². The van der Waals surface area contributed by atoms with Crippen LogP contribution in [0.2, 0.25) is 10.0 Å². The fourth-order valence-electron chi connectivity index (χ4n) is 1.15. The van der Waals surface area contributed by atoms with Crippen molar-refractivity contribution in [1.29, 1.82) is 0 Å². The highest BCUT2D eigenvalue weighted by atomic mass is 35.5. The summed E-state index contributed by atoms with van der Waals surface area (Å²) < 4.78 is 0. The molecule has 0 aromatic carbocycles. The van der Waals surface area contributed by atoms with E-state index in [4.69, 9.17) is 28.3 Å². The minimum atomic E-state index is -0.0990. The Morgan fingerprint density at radius 1 is 1.27 bits per heavy atom. The van der Waals surface area contributed by atoms with Crippen LogP contribution in [0.1, 0.15) is 5.69 Å². The second kappa shape index (κ2) is 4.18. The Kier molecular flexibility index (Phi) is 2.90. The minimum Gasteiger partial charge on any atom is -0.390 e. The Bertz CT molecular complexity index is 484. The molecule has 2 heterocycles. The van der Waals surface area contributed by atoms with Gasteiger partial charge in [0.25, 0.3) is 0 Å². The molecule has 0 aliphatic carbocycles. The van der Waals surface area contributed by atoms with Gasteiger partial charge >= 0.3 is 0 Å². The monoisotopic (exact) mass is 243 g/mol. The normalized spacial score (nSPS) is 10.6. The van der Waals surface area contributed by atoms with E-state index in [9.17, 15) is 0 Å². The number of halogens is 2. The highest BCUT2D eigenvalue weighted by Crippen LogP contribution is 2.25. The molecule has 0 fully saturated rings. The molecule has 0 bridgehead atoms. The molecule has 2 aromatic heterocycles. The van der Waals surface area contributed by atoms with Crippen LogP contribution in [0.4, 0.5) is 0 Å². The summed E-state index contributed by atoms with van der Waals surface area (Å²) in [6.45, 7) is -0.0990. The van der Waals surface area contributed by atoms with Crippen molar-refractivity contribution in [1.82, 2.24) is 15.0 Å². The third kappa shape index (κ3) is 2.12. The molecular weight excluding hydrogens is 237 g/mol. The van der Waals surface area contributed by atoms with Crippen molar-refractivity contribution >= 4 is 23.2 Å². The molecule has 0 saturated heterocycles. The van der Waals surface area contributed by atoms with Gasteiger partial charge in [-0.25, -0.2) is 9.97 Å². The number of aliphatic hydroxyl groups is 1. The molecule has 2 rings (SSSR count). The average Bonchev–Trinajstić information content (AvgIpc) is 2.66. The number of hydrogen-bond acceptors (Lipinski definition) is 3. The second-order valence-corrected chi connectivity index (χ2v) is 3.74. The molecule has 0 amide bonds. The topological polar surface area (TPSA) is 61.8 Å². The first-order valence-electron chi connectivity index (χ1n) is 4.17. The number of nitrogens with one attached hydrogen (secondary N) is 1. The SMILES string of the molecule is OCc1cnc(-c2ncc(Cl)cc2Cl)[nH]1. The zero-order chi connectivity index (χ0) is 10.8. The van der Waals surface area contributed by atoms with Gasteiger partial charge < -0.3 is 10.1 Å². The Hall–Kier alpha value is -1.10. The molecule has 4 nitrogen and oxygen atoms in total. The van der Waals surface area contributed by atoms with E-state index in [1.54, 1.807) is 6.07 Å². The van der Waals surface area contributed by atoms with Crippen molar-refractivity contribution in [2.45, 2.75) is 6.61 Å². The van der Waals surface area contributed by atoms with Gasteiger partial charge in [0, 0.05) is 6.20 Å². The van der Waals surface area contributed by atoms with Crippen molar-refractivity contribution in [3.05, 3.63) is 34.2 Å². The van der Waals surface area contributed by atoms with E-state index in [2.05, 4.69) is 15.0 Å². The quantitative estimate of drug-likeness (QED) is 0.851. The maximum Gasteiger partial charge on any atom is 0.157 e. The molecule has 0 aliphatic rings. The molecule has 0 saturated carbocycles. The van der Waals surface area contributed by atoms with Crippen molar-refractivity contribution in [3.8, 4) is 11.5 Å². The number of aromatic nitrogens is 3. The van der Waals surface area contributed by atoms with Crippen LogP contribution in [0.3, 0.4) is 0 Å². The Labute approximate surface area is 95.9 Å². The lowest BCUT2D eigenvalue weighted by Gasteiger charge is -1.99. The number of aliphatic hydroxyl groups excluding tert-OH is 1. The summed E-state index contributed by atoms with van der Waals surface area (Å²) in [7, 11) is 0. The maximum absolute atomic E-state index is 8.87. The molecule has 0 unspecified atom stereocenters. The molecule has 15 heavy (non-hydrogen) atoms. The number of imidazole rings is 1. The van der Waals surface area contributed by atoms with E-state index < -0.39 is 0 Å². The molecular formula is C9H7Cl2N3O. The molecule has 0 atom stereocenters. The molecule has 6 heteroatoms. The van der Waals surface area contributed by atoms with Gasteiger partial charge in [-0.15, -0.1) is 0 Å². The van der Waals surface area contributed by atoms with Gasteiger partial charge in [-0.05, 0) is 6.07 Å². The minimum absolute atomic E-state index is 0.0990. The van der Waals surface area contributed by atoms with Crippen LogP contribution in [0.15, 0.2) is 18.5 Å². The largest absolute Gasteiger partial charge is 0.390 e. The van der Waals surface area contributed by atoms with Gasteiger partial charge in [0.15, 0.2) is 5.82 Å². The van der Waals surface area contributed by atoms with Crippen LogP contribution >= 0.6 is 23.2 Å². The molecule has 0 spiro atoms. The van der Waals surface area contributed by atoms with Crippen molar-refractivity contribution < 1.29 is 5.11 Å². The van der Waals surface area contributed by atoms with E-state index in [0.717, 1.165) is 0 Å². The third-order valence-corrected chi connectivity index (χ3v) is 2.33. The van der Waals surface area contributed by atoms with Crippen LogP contribution in [0.5, 0.6) is 0 Å². The van der Waals surface area contributed by atoms with Crippen LogP contribution in [-0.2, 0) is 6.61 Å². The smallest absolute Gasteiger partial charge is 0.157 e. The number of rotatable bonds is 2. The molecule has 2 aromatic rings. The van der Waals surface area contributed by atoms with Crippen molar-refractivity contribution in [2.75, 3.05) is 0 Å². The molecule has 0 radical (unpaired) electrons. The van der Waals surface area contributed by atoms with E-state index in [0.29, 0.717) is 27.3 Å². The number of nitrogens with zero attached hydrogens (tertiary/aromatic N) is 2. The van der Waals surface area contributed by atoms with E-state index in [1.807, 2.05) is 0 Å². The first-order chi connectivity index (χ1) is 7.20. The Balaban J connectivity index is 2.44. The lowest BCUT2D eigenvalue weighted by atomic mass is 10.3. The zero-order valence-electron chi connectivity index (χ0n) is 7.54. The zero-order valence-corrected chi connectivity index (χ0v) is 9.05. The summed E-state index contributed by atoms with van der Waals surface area (Å²) in [6, 6.07) is 1.59. The lowest BCUT2D eigenvalue weighted by molar-refractivity contribution is 0.277. The highest BCUT2D eigenvalue weighted by Gasteiger charge is 2.09. The summed E-state index contributed by atoms with van der Waals surface area (Å²) in [6.07, 6.45) is 3.02. The first-order valence-corrected chi connectivity index (χ1v) is 4.92. The van der Waals surface area contributed by atoms with E-state index in [1.165, 1.54) is 12.4 Å². The van der Waals surface area contributed by atoms with Gasteiger partial charge in [-0.3, -0.25) is 0 Å². The van der Waals surface area contributed by atoms with E-state index in [-0.39, 0.29) is 6.61 Å². The van der Waals surface area contributed by atoms with Crippen LogP contribution in [0.25, 0.3) is 11.5 Å². The summed E-state index contributed by atoms with van der Waals surface area (Å²) >= 11 is 11.7. The predicted octanol–water partition coefficient (Wildman–Crippen LogP) is 2.27. The molecule has 0 aliphatic heterocycles. The Morgan fingerprint density at radius 3 is 2.67 bits per heavy atom. The summed E-state index contributed by atoms with van der Waals surface area (Å²) in [4.78, 5) is 11.0. The van der Waals surface area contributed by atoms with Gasteiger partial charge in [0.2, 0.25) is 0 Å². The van der Waals surface area contributed by atoms with Crippen LogP contribution < -0.4 is 0 Å². The number of hydrogen-bond donors (Lipinski definition) is 2. The predicted molar refractivity (Wildman–Crippen MR) is 57.8 cm³/mol. The average molecular weight is 244 g/mol. The van der Waals surface area contributed by atoms with Crippen LogP contribution in [0, 0.1) is 0 Å². The van der Waals surface area contributed by atoms with E-state index >= 15 is 0 Å². The standard InChI is InChI=1S/C9H7Cl2N3O/c10-5-1-7(11)8(12-2-5)9-13-3-6(4-15)14-9/h1-3,15H,4H2,(H,13,14). The van der Waals surface area contributed by atoms with Crippen molar-refractivity contribution in [3.63, 3.8) is 0 Å². The summed E-state index contributed by atoms with van der Waals surface area (Å²) in [5.74, 6) is 0.515. The van der Waals surface area contributed by atoms with Crippen molar-refractivity contribution in [2.24, 2.45) is 0 Å². The number of aromatic amines is 1. The number of pyridine rings is 1. The summed E-state index contributed by atoms with van der Waals surface area (Å²) in [5, 5.41) is 9.75.